The van der Waals surface area contributed by atoms with Crippen LogP contribution in [-0.2, 0) is 0 Å². The topological polar surface area (TPSA) is 63.0 Å². The molecule has 6 nitrogen and oxygen atoms in total. The van der Waals surface area contributed by atoms with Crippen LogP contribution in [0.15, 0.2) is 41.0 Å². The number of carbonyl (C=O) groups excluding carboxylic acids is 2. The van der Waals surface area contributed by atoms with Gasteiger partial charge in [0.1, 0.15) is 0 Å². The van der Waals surface area contributed by atoms with E-state index in [1.807, 2.05) is 13.8 Å². The highest BCUT2D eigenvalue weighted by atomic mass is 19.1. The smallest absolute Gasteiger partial charge is 0.289 e. The summed E-state index contributed by atoms with van der Waals surface area (Å²) < 4.78 is 24.6. The number of halogens is 1. The fourth-order valence-corrected chi connectivity index (χ4v) is 2.83. The van der Waals surface area contributed by atoms with Gasteiger partial charge in [-0.2, -0.15) is 0 Å². The summed E-state index contributed by atoms with van der Waals surface area (Å²) in [6.45, 7) is 5.20. The predicted octanol–water partition coefficient (Wildman–Crippen LogP) is 2.80. The van der Waals surface area contributed by atoms with Gasteiger partial charge in [0.05, 0.1) is 12.4 Å². The first-order chi connectivity index (χ1) is 12.5. The average Bonchev–Trinajstić information content (AvgIpc) is 3.16. The van der Waals surface area contributed by atoms with E-state index in [2.05, 4.69) is 0 Å². The van der Waals surface area contributed by atoms with E-state index >= 15 is 0 Å². The van der Waals surface area contributed by atoms with E-state index in [-0.39, 0.29) is 35.0 Å². The van der Waals surface area contributed by atoms with Crippen LogP contribution in [0.5, 0.6) is 5.75 Å². The number of hydrogen-bond acceptors (Lipinski definition) is 4. The molecule has 2 heterocycles. The van der Waals surface area contributed by atoms with E-state index in [1.165, 1.54) is 18.4 Å². The fraction of sp³-hybridized carbons (Fsp3) is 0.368. The Morgan fingerprint density at radius 3 is 2.27 bits per heavy atom. The van der Waals surface area contributed by atoms with E-state index in [0.29, 0.717) is 26.2 Å². The maximum atomic E-state index is 14.1. The van der Waals surface area contributed by atoms with Crippen molar-refractivity contribution in [3.63, 3.8) is 0 Å². The van der Waals surface area contributed by atoms with Crippen molar-refractivity contribution in [3.05, 3.63) is 53.7 Å². The molecule has 1 aromatic carbocycles. The van der Waals surface area contributed by atoms with Crippen LogP contribution in [0.4, 0.5) is 4.39 Å². The number of benzene rings is 1. The number of furan rings is 1. The summed E-state index contributed by atoms with van der Waals surface area (Å²) in [6.07, 6.45) is 1.31. The molecule has 7 heteroatoms. The van der Waals surface area contributed by atoms with Gasteiger partial charge in [-0.15, -0.1) is 0 Å². The standard InChI is InChI=1S/C19H21FN2O4/c1-13(2)26-16-6-5-14(12-15(16)20)18(23)21-7-9-22(10-8-21)19(24)17-4-3-11-25-17/h3-6,11-13H,7-10H2,1-2H3. The van der Waals surface area contributed by atoms with Crippen molar-refractivity contribution in [1.29, 1.82) is 0 Å². The fourth-order valence-electron chi connectivity index (χ4n) is 2.83. The molecule has 26 heavy (non-hydrogen) atoms. The SMILES string of the molecule is CC(C)Oc1ccc(C(=O)N2CCN(C(=O)c3ccco3)CC2)cc1F. The van der Waals surface area contributed by atoms with Crippen molar-refractivity contribution in [2.45, 2.75) is 20.0 Å². The zero-order chi connectivity index (χ0) is 18.7. The Bertz CT molecular complexity index is 781. The number of hydrogen-bond donors (Lipinski definition) is 0. The van der Waals surface area contributed by atoms with E-state index < -0.39 is 5.82 Å². The van der Waals surface area contributed by atoms with Gasteiger partial charge in [-0.3, -0.25) is 9.59 Å². The monoisotopic (exact) mass is 360 g/mol. The van der Waals surface area contributed by atoms with Crippen LogP contribution < -0.4 is 4.74 Å². The molecule has 2 aromatic rings. The van der Waals surface area contributed by atoms with Crippen molar-refractivity contribution < 1.29 is 23.1 Å². The van der Waals surface area contributed by atoms with Gasteiger partial charge < -0.3 is 19.0 Å². The highest BCUT2D eigenvalue weighted by Gasteiger charge is 2.27. The number of ether oxygens (including phenoxy) is 1. The van der Waals surface area contributed by atoms with Gasteiger partial charge in [0, 0.05) is 31.7 Å². The molecule has 1 aliphatic rings. The summed E-state index contributed by atoms with van der Waals surface area (Å²) in [7, 11) is 0. The highest BCUT2D eigenvalue weighted by Crippen LogP contribution is 2.21. The second-order valence-corrected chi connectivity index (χ2v) is 6.37. The molecule has 138 valence electrons. The first-order valence-electron chi connectivity index (χ1n) is 8.54. The Hall–Kier alpha value is -2.83. The Kier molecular flexibility index (Phi) is 5.25. The Balaban J connectivity index is 1.61. The molecule has 1 saturated heterocycles. The van der Waals surface area contributed by atoms with Crippen LogP contribution in [0.2, 0.25) is 0 Å². The third-order valence-electron chi connectivity index (χ3n) is 4.13. The Morgan fingerprint density at radius 2 is 1.73 bits per heavy atom. The van der Waals surface area contributed by atoms with Gasteiger partial charge in [0.2, 0.25) is 0 Å². The van der Waals surface area contributed by atoms with Crippen LogP contribution in [0.25, 0.3) is 0 Å². The molecule has 0 aliphatic carbocycles. The molecule has 2 amide bonds. The predicted molar refractivity (Wildman–Crippen MR) is 92.7 cm³/mol. The van der Waals surface area contributed by atoms with Crippen molar-refractivity contribution in [1.82, 2.24) is 9.80 Å². The minimum absolute atomic E-state index is 0.130. The van der Waals surface area contributed by atoms with Gasteiger partial charge in [-0.1, -0.05) is 0 Å². The molecule has 0 saturated carbocycles. The van der Waals surface area contributed by atoms with Gasteiger partial charge >= 0.3 is 0 Å². The van der Waals surface area contributed by atoms with Crippen molar-refractivity contribution in [3.8, 4) is 5.75 Å². The largest absolute Gasteiger partial charge is 0.488 e. The second-order valence-electron chi connectivity index (χ2n) is 6.37. The van der Waals surface area contributed by atoms with E-state index in [0.717, 1.165) is 0 Å². The van der Waals surface area contributed by atoms with Crippen molar-refractivity contribution in [2.24, 2.45) is 0 Å². The average molecular weight is 360 g/mol. The molecule has 0 radical (unpaired) electrons. The van der Waals surface area contributed by atoms with E-state index in [9.17, 15) is 14.0 Å². The lowest BCUT2D eigenvalue weighted by Crippen LogP contribution is -2.50. The molecule has 1 aromatic heterocycles. The third-order valence-corrected chi connectivity index (χ3v) is 4.13. The molecular formula is C19H21FN2O4. The maximum Gasteiger partial charge on any atom is 0.289 e. The van der Waals surface area contributed by atoms with Crippen LogP contribution in [0, 0.1) is 5.82 Å². The Morgan fingerprint density at radius 1 is 1.08 bits per heavy atom. The quantitative estimate of drug-likeness (QED) is 0.841. The lowest BCUT2D eigenvalue weighted by Gasteiger charge is -2.34. The molecule has 0 bridgehead atoms. The van der Waals surface area contributed by atoms with Crippen molar-refractivity contribution in [2.75, 3.05) is 26.2 Å². The number of amides is 2. The molecule has 0 spiro atoms. The summed E-state index contributed by atoms with van der Waals surface area (Å²) in [5.41, 5.74) is 0.268. The van der Waals surface area contributed by atoms with Gasteiger partial charge in [-0.25, -0.2) is 4.39 Å². The van der Waals surface area contributed by atoms with Gasteiger partial charge in [-0.05, 0) is 44.2 Å². The molecule has 0 atom stereocenters. The van der Waals surface area contributed by atoms with Gasteiger partial charge in [0.15, 0.2) is 17.3 Å². The Labute approximate surface area is 151 Å². The summed E-state index contributed by atoms with van der Waals surface area (Å²) in [6, 6.07) is 7.50. The van der Waals surface area contributed by atoms with E-state index in [4.69, 9.17) is 9.15 Å². The summed E-state index contributed by atoms with van der Waals surface area (Å²) >= 11 is 0. The molecule has 0 unspecified atom stereocenters. The summed E-state index contributed by atoms with van der Waals surface area (Å²) in [4.78, 5) is 28.1. The number of piperazine rings is 1. The number of carbonyl (C=O) groups is 2. The first kappa shape index (κ1) is 18.0. The number of rotatable bonds is 4. The molecule has 1 aliphatic heterocycles. The zero-order valence-corrected chi connectivity index (χ0v) is 14.8. The molecule has 0 N–H and O–H groups in total. The molecule has 3 rings (SSSR count). The lowest BCUT2D eigenvalue weighted by molar-refractivity contribution is 0.0518. The summed E-state index contributed by atoms with van der Waals surface area (Å²) in [5, 5.41) is 0. The maximum absolute atomic E-state index is 14.1. The summed E-state index contributed by atoms with van der Waals surface area (Å²) in [5.74, 6) is -0.595. The highest BCUT2D eigenvalue weighted by molar-refractivity contribution is 5.95. The van der Waals surface area contributed by atoms with Crippen LogP contribution in [0.3, 0.4) is 0 Å². The minimum atomic E-state index is -0.559. The number of nitrogens with zero attached hydrogens (tertiary/aromatic N) is 2. The normalized spacial score (nSPS) is 14.6. The molecular weight excluding hydrogens is 339 g/mol. The van der Waals surface area contributed by atoms with Gasteiger partial charge in [0.25, 0.3) is 11.8 Å². The zero-order valence-electron chi connectivity index (χ0n) is 14.8. The first-order valence-corrected chi connectivity index (χ1v) is 8.54. The minimum Gasteiger partial charge on any atom is -0.488 e. The van der Waals surface area contributed by atoms with Crippen LogP contribution in [-0.4, -0.2) is 53.9 Å². The van der Waals surface area contributed by atoms with Crippen LogP contribution >= 0.6 is 0 Å². The van der Waals surface area contributed by atoms with E-state index in [1.54, 1.807) is 28.0 Å². The van der Waals surface area contributed by atoms with Crippen molar-refractivity contribution >= 4 is 11.8 Å². The van der Waals surface area contributed by atoms with Crippen LogP contribution in [0.1, 0.15) is 34.8 Å². The lowest BCUT2D eigenvalue weighted by atomic mass is 10.1. The second kappa shape index (κ2) is 7.59. The molecule has 1 fully saturated rings. The third kappa shape index (κ3) is 3.87.